The molecule has 2 rings (SSSR count). The minimum atomic E-state index is -1.05. The average molecular weight is 248 g/mol. The first-order valence-electron chi connectivity index (χ1n) is 5.92. The molecule has 1 aromatic carbocycles. The Hall–Kier alpha value is -2.04. The van der Waals surface area contributed by atoms with E-state index in [1.807, 2.05) is 13.8 Å². The van der Waals surface area contributed by atoms with E-state index in [2.05, 4.69) is 10.6 Å². The van der Waals surface area contributed by atoms with Crippen molar-refractivity contribution in [2.24, 2.45) is 5.92 Å². The lowest BCUT2D eigenvalue weighted by Crippen LogP contribution is -2.40. The maximum atomic E-state index is 11.9. The minimum absolute atomic E-state index is 0.108. The Labute approximate surface area is 105 Å². The molecule has 0 bridgehead atoms. The summed E-state index contributed by atoms with van der Waals surface area (Å²) in [6.45, 7) is 4.08. The summed E-state index contributed by atoms with van der Waals surface area (Å²) in [7, 11) is 0. The zero-order valence-corrected chi connectivity index (χ0v) is 10.4. The number of carboxylic acids is 1. The van der Waals surface area contributed by atoms with Crippen molar-refractivity contribution in [2.45, 2.75) is 26.3 Å². The third-order valence-electron chi connectivity index (χ3n) is 2.90. The molecule has 1 atom stereocenters. The number of carbonyl (C=O) groups excluding carboxylic acids is 1. The van der Waals surface area contributed by atoms with Crippen LogP contribution in [0.25, 0.3) is 0 Å². The number of carboxylic acid groups (broad SMARTS) is 1. The zero-order chi connectivity index (χ0) is 13.3. The molecule has 0 fully saturated rings. The van der Waals surface area contributed by atoms with Crippen molar-refractivity contribution in [3.05, 3.63) is 23.8 Å². The number of fused-ring (bicyclic) bond motifs is 1. The van der Waals surface area contributed by atoms with Crippen LogP contribution in [-0.4, -0.2) is 23.0 Å². The maximum absolute atomic E-state index is 11.9. The van der Waals surface area contributed by atoms with Crippen LogP contribution >= 0.6 is 0 Å². The fourth-order valence-electron chi connectivity index (χ4n) is 2.09. The predicted octanol–water partition coefficient (Wildman–Crippen LogP) is 2.16. The van der Waals surface area contributed by atoms with Gasteiger partial charge in [0, 0.05) is 0 Å². The predicted molar refractivity (Wildman–Crippen MR) is 68.9 cm³/mol. The number of carbonyl (C=O) groups is 2. The quantitative estimate of drug-likeness (QED) is 0.766. The molecule has 1 unspecified atom stereocenters. The number of benzene rings is 1. The largest absolute Gasteiger partial charge is 0.478 e. The molecule has 1 amide bonds. The van der Waals surface area contributed by atoms with Crippen molar-refractivity contribution in [1.82, 2.24) is 0 Å². The molecule has 3 N–H and O–H groups in total. The van der Waals surface area contributed by atoms with Gasteiger partial charge in [0.2, 0.25) is 5.91 Å². The molecule has 1 aliphatic rings. The SMILES string of the molecule is CC(C)CC1Nc2cccc(C(=O)O)c2NC1=O. The van der Waals surface area contributed by atoms with Crippen molar-refractivity contribution in [2.75, 3.05) is 10.6 Å². The van der Waals surface area contributed by atoms with E-state index < -0.39 is 5.97 Å². The summed E-state index contributed by atoms with van der Waals surface area (Å²) in [5.74, 6) is -0.835. The Morgan fingerprint density at radius 2 is 2.17 bits per heavy atom. The van der Waals surface area contributed by atoms with E-state index in [9.17, 15) is 9.59 Å². The first kappa shape index (κ1) is 12.4. The highest BCUT2D eigenvalue weighted by Crippen LogP contribution is 2.31. The average Bonchev–Trinajstić information content (AvgIpc) is 2.28. The molecule has 18 heavy (non-hydrogen) atoms. The molecule has 1 aliphatic heterocycles. The van der Waals surface area contributed by atoms with Gasteiger partial charge in [-0.3, -0.25) is 4.79 Å². The van der Waals surface area contributed by atoms with Crippen molar-refractivity contribution in [3.8, 4) is 0 Å². The normalized spacial score (nSPS) is 17.9. The number of hydrogen-bond donors (Lipinski definition) is 3. The van der Waals surface area contributed by atoms with E-state index in [0.29, 0.717) is 23.7 Å². The van der Waals surface area contributed by atoms with Gasteiger partial charge in [0.25, 0.3) is 0 Å². The van der Waals surface area contributed by atoms with Crippen LogP contribution < -0.4 is 10.6 Å². The molecule has 5 nitrogen and oxygen atoms in total. The van der Waals surface area contributed by atoms with Crippen molar-refractivity contribution in [1.29, 1.82) is 0 Å². The van der Waals surface area contributed by atoms with Crippen LogP contribution in [0.15, 0.2) is 18.2 Å². The smallest absolute Gasteiger partial charge is 0.337 e. The van der Waals surface area contributed by atoms with Gasteiger partial charge in [-0.15, -0.1) is 0 Å². The molecule has 0 aromatic heterocycles. The molecule has 0 saturated heterocycles. The van der Waals surface area contributed by atoms with E-state index in [4.69, 9.17) is 5.11 Å². The van der Waals surface area contributed by atoms with Crippen LogP contribution in [0.3, 0.4) is 0 Å². The summed E-state index contributed by atoms with van der Waals surface area (Å²) in [5, 5.41) is 14.8. The van der Waals surface area contributed by atoms with Crippen LogP contribution in [0.4, 0.5) is 11.4 Å². The number of para-hydroxylation sites is 1. The molecule has 1 heterocycles. The van der Waals surface area contributed by atoms with Crippen molar-refractivity contribution < 1.29 is 14.7 Å². The summed E-state index contributed by atoms with van der Waals surface area (Å²) in [6, 6.07) is 4.61. The van der Waals surface area contributed by atoms with Crippen LogP contribution in [0, 0.1) is 5.92 Å². The molecule has 0 aliphatic carbocycles. The van der Waals surface area contributed by atoms with Crippen molar-refractivity contribution in [3.63, 3.8) is 0 Å². The molecule has 5 heteroatoms. The van der Waals surface area contributed by atoms with Crippen LogP contribution in [0.5, 0.6) is 0 Å². The number of hydrogen-bond acceptors (Lipinski definition) is 3. The summed E-state index contributed by atoms with van der Waals surface area (Å²) >= 11 is 0. The highest BCUT2D eigenvalue weighted by Gasteiger charge is 2.28. The second-order valence-corrected chi connectivity index (χ2v) is 4.85. The van der Waals surface area contributed by atoms with Gasteiger partial charge in [-0.25, -0.2) is 4.79 Å². The van der Waals surface area contributed by atoms with Gasteiger partial charge in [-0.1, -0.05) is 19.9 Å². The van der Waals surface area contributed by atoms with Gasteiger partial charge in [-0.05, 0) is 24.5 Å². The Morgan fingerprint density at radius 1 is 1.44 bits per heavy atom. The van der Waals surface area contributed by atoms with E-state index in [-0.39, 0.29) is 17.5 Å². The van der Waals surface area contributed by atoms with Gasteiger partial charge in [0.05, 0.1) is 16.9 Å². The first-order chi connectivity index (χ1) is 8.49. The van der Waals surface area contributed by atoms with Gasteiger partial charge < -0.3 is 15.7 Å². The molecular formula is C13H16N2O3. The second-order valence-electron chi connectivity index (χ2n) is 4.85. The van der Waals surface area contributed by atoms with Gasteiger partial charge in [-0.2, -0.15) is 0 Å². The number of rotatable bonds is 3. The molecule has 96 valence electrons. The highest BCUT2D eigenvalue weighted by atomic mass is 16.4. The third-order valence-corrected chi connectivity index (χ3v) is 2.90. The Kier molecular flexibility index (Phi) is 3.23. The summed E-state index contributed by atoms with van der Waals surface area (Å²) in [5.41, 5.74) is 1.13. The standard InChI is InChI=1S/C13H16N2O3/c1-7(2)6-10-12(16)15-11-8(13(17)18)4-3-5-9(11)14-10/h3-5,7,10,14H,6H2,1-2H3,(H,15,16)(H,17,18). The summed E-state index contributed by atoms with van der Waals surface area (Å²) in [4.78, 5) is 23.0. The Balaban J connectivity index is 2.33. The molecule has 0 radical (unpaired) electrons. The fraction of sp³-hybridized carbons (Fsp3) is 0.385. The third kappa shape index (κ3) is 2.30. The lowest BCUT2D eigenvalue weighted by Gasteiger charge is -2.28. The maximum Gasteiger partial charge on any atom is 0.337 e. The molecule has 0 spiro atoms. The molecule has 1 aromatic rings. The topological polar surface area (TPSA) is 78.4 Å². The lowest BCUT2D eigenvalue weighted by molar-refractivity contribution is -0.117. The van der Waals surface area contributed by atoms with Crippen molar-refractivity contribution >= 4 is 23.3 Å². The Morgan fingerprint density at radius 3 is 2.78 bits per heavy atom. The van der Waals surface area contributed by atoms with E-state index in [1.54, 1.807) is 12.1 Å². The van der Waals surface area contributed by atoms with Crippen LogP contribution in [-0.2, 0) is 4.79 Å². The second kappa shape index (κ2) is 4.68. The van der Waals surface area contributed by atoms with Gasteiger partial charge >= 0.3 is 5.97 Å². The molecular weight excluding hydrogens is 232 g/mol. The van der Waals surface area contributed by atoms with E-state index >= 15 is 0 Å². The number of nitrogens with one attached hydrogen (secondary N) is 2. The fourth-order valence-corrected chi connectivity index (χ4v) is 2.09. The minimum Gasteiger partial charge on any atom is -0.478 e. The van der Waals surface area contributed by atoms with Gasteiger partial charge in [0.15, 0.2) is 0 Å². The number of amides is 1. The lowest BCUT2D eigenvalue weighted by atomic mass is 9.99. The van der Waals surface area contributed by atoms with E-state index in [0.717, 1.165) is 0 Å². The highest BCUT2D eigenvalue weighted by molar-refractivity contribution is 6.09. The summed E-state index contributed by atoms with van der Waals surface area (Å²) in [6.07, 6.45) is 0.711. The van der Waals surface area contributed by atoms with Gasteiger partial charge in [0.1, 0.15) is 6.04 Å². The first-order valence-corrected chi connectivity index (χ1v) is 5.92. The van der Waals surface area contributed by atoms with E-state index in [1.165, 1.54) is 6.07 Å². The van der Waals surface area contributed by atoms with Crippen LogP contribution in [0.1, 0.15) is 30.6 Å². The monoisotopic (exact) mass is 248 g/mol. The number of aromatic carboxylic acids is 1. The Bertz CT molecular complexity index is 497. The zero-order valence-electron chi connectivity index (χ0n) is 10.4. The number of anilines is 2. The summed E-state index contributed by atoms with van der Waals surface area (Å²) < 4.78 is 0. The van der Waals surface area contributed by atoms with Crippen LogP contribution in [0.2, 0.25) is 0 Å². The molecule has 0 saturated carbocycles.